The number of anilines is 1. The number of aromatic carboxylic acids is 1. The van der Waals surface area contributed by atoms with Crippen LogP contribution in [0.3, 0.4) is 0 Å². The van der Waals surface area contributed by atoms with Crippen LogP contribution in [0.15, 0.2) is 24.3 Å². The largest absolute Gasteiger partial charge is 0.476 e. The molecule has 0 spiro atoms. The molecule has 1 aromatic heterocycles. The molecule has 0 aliphatic heterocycles. The number of carboxylic acid groups (broad SMARTS) is 1. The summed E-state index contributed by atoms with van der Waals surface area (Å²) in [4.78, 5) is 11.2. The zero-order chi connectivity index (χ0) is 13.8. The van der Waals surface area contributed by atoms with Gasteiger partial charge in [0.25, 0.3) is 0 Å². The summed E-state index contributed by atoms with van der Waals surface area (Å²) in [6.07, 6.45) is 2.02. The highest BCUT2D eigenvalue weighted by molar-refractivity contribution is 7.99. The van der Waals surface area contributed by atoms with E-state index >= 15 is 0 Å². The molecule has 6 heteroatoms. The van der Waals surface area contributed by atoms with Crippen LogP contribution in [0, 0.1) is 0 Å². The number of carboxylic acids is 1. The molecule has 2 aromatic rings. The fourth-order valence-corrected chi connectivity index (χ4v) is 1.96. The minimum Gasteiger partial charge on any atom is -0.476 e. The molecule has 0 aliphatic carbocycles. The molecule has 2 N–H and O–H groups in total. The van der Waals surface area contributed by atoms with Gasteiger partial charge in [-0.3, -0.25) is 0 Å². The van der Waals surface area contributed by atoms with E-state index in [1.807, 2.05) is 30.5 Å². The second kappa shape index (κ2) is 5.88. The molecule has 100 valence electrons. The number of thioether (sulfide) groups is 1. The first-order valence-electron chi connectivity index (χ1n) is 5.89. The van der Waals surface area contributed by atoms with Crippen LogP contribution < -0.4 is 5.32 Å². The normalized spacial score (nSPS) is 12.3. The second-order valence-corrected chi connectivity index (χ2v) is 5.45. The summed E-state index contributed by atoms with van der Waals surface area (Å²) in [5.74, 6) is -1.07. The third-order valence-corrected chi connectivity index (χ3v) is 3.81. The third kappa shape index (κ3) is 2.96. The van der Waals surface area contributed by atoms with Crippen molar-refractivity contribution in [3.8, 4) is 0 Å². The highest BCUT2D eigenvalue weighted by Crippen LogP contribution is 2.24. The Labute approximate surface area is 115 Å². The van der Waals surface area contributed by atoms with Gasteiger partial charge >= 0.3 is 5.97 Å². The summed E-state index contributed by atoms with van der Waals surface area (Å²) in [5.41, 5.74) is 1.19. The molecule has 1 unspecified atom stereocenters. The number of carbonyl (C=O) groups is 1. The Kier molecular flexibility index (Phi) is 4.21. The summed E-state index contributed by atoms with van der Waals surface area (Å²) in [6, 6.07) is 7.38. The second-order valence-electron chi connectivity index (χ2n) is 4.17. The number of nitrogens with one attached hydrogen (secondary N) is 1. The van der Waals surface area contributed by atoms with E-state index in [1.165, 1.54) is 0 Å². The van der Waals surface area contributed by atoms with Crippen LogP contribution in [-0.2, 0) is 0 Å². The average molecular weight is 277 g/mol. The highest BCUT2D eigenvalue weighted by atomic mass is 32.2. The van der Waals surface area contributed by atoms with Crippen molar-refractivity contribution in [2.75, 3.05) is 18.1 Å². The summed E-state index contributed by atoms with van der Waals surface area (Å²) in [6.45, 7) is 2.76. The van der Waals surface area contributed by atoms with E-state index in [1.54, 1.807) is 11.8 Å². The lowest BCUT2D eigenvalue weighted by atomic mass is 10.1. The van der Waals surface area contributed by atoms with Gasteiger partial charge in [-0.1, -0.05) is 25.1 Å². The molecule has 5 nitrogen and oxygen atoms in total. The molecular formula is C13H15N3O2S. The number of nitrogens with zero attached hydrogens (tertiary/aromatic N) is 2. The van der Waals surface area contributed by atoms with Gasteiger partial charge < -0.3 is 10.4 Å². The van der Waals surface area contributed by atoms with Crippen LogP contribution in [0.4, 0.5) is 5.69 Å². The maximum atomic E-state index is 11.2. The predicted molar refractivity (Wildman–Crippen MR) is 78.0 cm³/mol. The molecule has 0 aliphatic rings. The molecule has 1 atom stereocenters. The van der Waals surface area contributed by atoms with Crippen molar-refractivity contribution >= 4 is 34.3 Å². The zero-order valence-corrected chi connectivity index (χ0v) is 11.6. The molecule has 0 fully saturated rings. The Morgan fingerprint density at radius 3 is 2.84 bits per heavy atom. The summed E-state index contributed by atoms with van der Waals surface area (Å²) in [7, 11) is 0. The van der Waals surface area contributed by atoms with E-state index in [0.717, 1.165) is 5.39 Å². The number of aromatic nitrogens is 2. The van der Waals surface area contributed by atoms with Gasteiger partial charge in [0, 0.05) is 17.2 Å². The van der Waals surface area contributed by atoms with Gasteiger partial charge in [-0.2, -0.15) is 11.8 Å². The van der Waals surface area contributed by atoms with E-state index < -0.39 is 5.97 Å². The van der Waals surface area contributed by atoms with Crippen molar-refractivity contribution in [1.29, 1.82) is 0 Å². The Hall–Kier alpha value is -1.82. The Morgan fingerprint density at radius 2 is 2.16 bits per heavy atom. The minimum atomic E-state index is -1.07. The van der Waals surface area contributed by atoms with Crippen LogP contribution in [0.1, 0.15) is 17.4 Å². The lowest BCUT2D eigenvalue weighted by Crippen LogP contribution is -2.16. The zero-order valence-electron chi connectivity index (χ0n) is 10.8. The molecule has 0 amide bonds. The molecule has 0 radical (unpaired) electrons. The van der Waals surface area contributed by atoms with E-state index in [2.05, 4.69) is 22.4 Å². The van der Waals surface area contributed by atoms with E-state index in [-0.39, 0.29) is 5.69 Å². The lowest BCUT2D eigenvalue weighted by Gasteiger charge is -2.14. The molecule has 0 saturated heterocycles. The van der Waals surface area contributed by atoms with Crippen LogP contribution in [0.25, 0.3) is 10.9 Å². The standard InChI is InChI=1S/C13H15N3O2S/c1-8(19-2)7-14-11-9-5-3-4-6-10(9)15-16-12(11)13(17)18/h3-6,8H,7H2,1-2H3,(H,14,15)(H,17,18). The maximum absolute atomic E-state index is 11.2. The molecule has 0 saturated carbocycles. The maximum Gasteiger partial charge on any atom is 0.358 e. The number of hydrogen-bond acceptors (Lipinski definition) is 5. The number of rotatable bonds is 5. The fraction of sp³-hybridized carbons (Fsp3) is 0.308. The molecule has 2 rings (SSSR count). The van der Waals surface area contributed by atoms with Crippen LogP contribution >= 0.6 is 11.8 Å². The third-order valence-electron chi connectivity index (χ3n) is 2.84. The van der Waals surface area contributed by atoms with E-state index in [0.29, 0.717) is 23.0 Å². The molecule has 0 bridgehead atoms. The summed E-state index contributed by atoms with van der Waals surface area (Å²) >= 11 is 1.72. The van der Waals surface area contributed by atoms with Crippen molar-refractivity contribution < 1.29 is 9.90 Å². The lowest BCUT2D eigenvalue weighted by molar-refractivity contribution is 0.0690. The number of fused-ring (bicyclic) bond motifs is 1. The molecule has 19 heavy (non-hydrogen) atoms. The van der Waals surface area contributed by atoms with Gasteiger partial charge in [0.2, 0.25) is 0 Å². The van der Waals surface area contributed by atoms with Crippen molar-refractivity contribution in [3.63, 3.8) is 0 Å². The highest BCUT2D eigenvalue weighted by Gasteiger charge is 2.16. The molecular weight excluding hydrogens is 262 g/mol. The predicted octanol–water partition coefficient (Wildman–Crippen LogP) is 2.49. The first-order chi connectivity index (χ1) is 9.13. The quantitative estimate of drug-likeness (QED) is 0.874. The van der Waals surface area contributed by atoms with E-state index in [9.17, 15) is 9.90 Å². The SMILES string of the molecule is CSC(C)CNc1c(C(=O)O)nnc2ccccc12. The van der Waals surface area contributed by atoms with Crippen molar-refractivity contribution in [1.82, 2.24) is 10.2 Å². The summed E-state index contributed by atoms with van der Waals surface area (Å²) in [5, 5.41) is 21.3. The van der Waals surface area contributed by atoms with Crippen LogP contribution in [0.5, 0.6) is 0 Å². The van der Waals surface area contributed by atoms with Crippen LogP contribution in [-0.4, -0.2) is 39.3 Å². The van der Waals surface area contributed by atoms with E-state index in [4.69, 9.17) is 0 Å². The van der Waals surface area contributed by atoms with Crippen molar-refractivity contribution in [2.24, 2.45) is 0 Å². The Balaban J connectivity index is 2.46. The number of benzene rings is 1. The average Bonchev–Trinajstić information content (AvgIpc) is 2.43. The van der Waals surface area contributed by atoms with Gasteiger partial charge in [0.05, 0.1) is 11.2 Å². The van der Waals surface area contributed by atoms with Gasteiger partial charge in [-0.05, 0) is 12.3 Å². The van der Waals surface area contributed by atoms with Crippen LogP contribution in [0.2, 0.25) is 0 Å². The van der Waals surface area contributed by atoms with Gasteiger partial charge in [0.15, 0.2) is 5.69 Å². The topological polar surface area (TPSA) is 75.1 Å². The molecule has 1 heterocycles. The Morgan fingerprint density at radius 1 is 1.42 bits per heavy atom. The van der Waals surface area contributed by atoms with Gasteiger partial charge in [0.1, 0.15) is 0 Å². The minimum absolute atomic E-state index is 0.0352. The van der Waals surface area contributed by atoms with Gasteiger partial charge in [-0.15, -0.1) is 10.2 Å². The number of hydrogen-bond donors (Lipinski definition) is 2. The van der Waals surface area contributed by atoms with Crippen molar-refractivity contribution in [2.45, 2.75) is 12.2 Å². The van der Waals surface area contributed by atoms with Gasteiger partial charge in [-0.25, -0.2) is 4.79 Å². The first kappa shape index (κ1) is 13.6. The molecule has 1 aromatic carbocycles. The Bertz CT molecular complexity index is 603. The monoisotopic (exact) mass is 277 g/mol. The fourth-order valence-electron chi connectivity index (χ4n) is 1.71. The summed E-state index contributed by atoms with van der Waals surface area (Å²) < 4.78 is 0. The first-order valence-corrected chi connectivity index (χ1v) is 7.17. The van der Waals surface area contributed by atoms with Crippen molar-refractivity contribution in [3.05, 3.63) is 30.0 Å². The smallest absolute Gasteiger partial charge is 0.358 e.